The van der Waals surface area contributed by atoms with Crippen LogP contribution in [0, 0.1) is 5.82 Å². The minimum atomic E-state index is -4.94. The lowest BCUT2D eigenvalue weighted by Crippen LogP contribution is -2.55. The Balaban J connectivity index is 1.48. The third-order valence-corrected chi connectivity index (χ3v) is 8.25. The van der Waals surface area contributed by atoms with Gasteiger partial charge in [0, 0.05) is 80.6 Å². The molecule has 2 atom stereocenters. The predicted octanol–water partition coefficient (Wildman–Crippen LogP) is 4.07. The number of rotatable bonds is 7. The monoisotopic (exact) mass is 628 g/mol. The van der Waals surface area contributed by atoms with Crippen molar-refractivity contribution in [3.63, 3.8) is 0 Å². The van der Waals surface area contributed by atoms with Crippen molar-refractivity contribution in [1.29, 1.82) is 0 Å². The van der Waals surface area contributed by atoms with Gasteiger partial charge in [-0.3, -0.25) is 14.5 Å². The SMILES string of the molecule is CC1CN(c2cc(F)c(C3=CCN(c4ncc(CN(C)C)cn4)C3)cc2NC(=O)c2c[nH]c(=O)cc2C(F)(F)F)CC(C)N1C. The van der Waals surface area contributed by atoms with Crippen molar-refractivity contribution in [2.45, 2.75) is 38.7 Å². The fraction of sp³-hybridized carbons (Fsp3) is 0.419. The molecule has 0 bridgehead atoms. The van der Waals surface area contributed by atoms with Crippen LogP contribution in [0.2, 0.25) is 0 Å². The highest BCUT2D eigenvalue weighted by atomic mass is 19.4. The van der Waals surface area contributed by atoms with Crippen LogP contribution in [0.4, 0.5) is 34.9 Å². The van der Waals surface area contributed by atoms with Gasteiger partial charge in [-0.25, -0.2) is 14.4 Å². The summed E-state index contributed by atoms with van der Waals surface area (Å²) < 4.78 is 57.2. The normalized spacial score (nSPS) is 19.3. The highest BCUT2D eigenvalue weighted by molar-refractivity contribution is 6.07. The van der Waals surface area contributed by atoms with Crippen LogP contribution in [0.3, 0.4) is 0 Å². The number of aromatic amines is 1. The smallest absolute Gasteiger partial charge is 0.367 e. The summed E-state index contributed by atoms with van der Waals surface area (Å²) in [5.74, 6) is -1.13. The van der Waals surface area contributed by atoms with Crippen molar-refractivity contribution >= 4 is 28.8 Å². The van der Waals surface area contributed by atoms with E-state index >= 15 is 4.39 Å². The summed E-state index contributed by atoms with van der Waals surface area (Å²) in [6.07, 6.45) is 1.13. The van der Waals surface area contributed by atoms with Crippen molar-refractivity contribution < 1.29 is 22.4 Å². The van der Waals surface area contributed by atoms with E-state index < -0.39 is 34.6 Å². The molecule has 1 amide bonds. The molecule has 0 radical (unpaired) electrons. The summed E-state index contributed by atoms with van der Waals surface area (Å²) >= 11 is 0. The molecular formula is C31H36F4N8O2. The van der Waals surface area contributed by atoms with Gasteiger partial charge in [0.25, 0.3) is 5.91 Å². The van der Waals surface area contributed by atoms with Crippen LogP contribution < -0.4 is 20.7 Å². The van der Waals surface area contributed by atoms with Gasteiger partial charge in [0.2, 0.25) is 11.5 Å². The van der Waals surface area contributed by atoms with Gasteiger partial charge in [0.05, 0.1) is 22.5 Å². The first kappa shape index (κ1) is 32.1. The first-order valence-corrected chi connectivity index (χ1v) is 14.5. The van der Waals surface area contributed by atoms with Crippen LogP contribution in [0.1, 0.15) is 40.9 Å². The molecule has 1 aromatic carbocycles. The quantitative estimate of drug-likeness (QED) is 0.378. The summed E-state index contributed by atoms with van der Waals surface area (Å²) in [5, 5.41) is 2.60. The fourth-order valence-electron chi connectivity index (χ4n) is 5.72. The van der Waals surface area contributed by atoms with E-state index in [2.05, 4.69) is 25.2 Å². The number of H-pyrrole nitrogens is 1. The number of alkyl halides is 3. The van der Waals surface area contributed by atoms with Crippen LogP contribution in [0.5, 0.6) is 0 Å². The Morgan fingerprint density at radius 1 is 1.09 bits per heavy atom. The summed E-state index contributed by atoms with van der Waals surface area (Å²) in [7, 11) is 5.88. The molecule has 4 heterocycles. The number of hydrogen-bond donors (Lipinski definition) is 2. The molecule has 240 valence electrons. The Hall–Kier alpha value is -4.30. The maximum atomic E-state index is 15.9. The van der Waals surface area contributed by atoms with Gasteiger partial charge in [0.1, 0.15) is 5.82 Å². The number of amides is 1. The van der Waals surface area contributed by atoms with E-state index in [9.17, 15) is 22.8 Å². The van der Waals surface area contributed by atoms with Gasteiger partial charge in [-0.05, 0) is 52.7 Å². The number of pyridine rings is 1. The van der Waals surface area contributed by atoms with Gasteiger partial charge in [-0.2, -0.15) is 13.2 Å². The zero-order valence-electron chi connectivity index (χ0n) is 25.7. The average Bonchev–Trinajstić information content (AvgIpc) is 3.46. The first-order valence-electron chi connectivity index (χ1n) is 14.5. The third-order valence-electron chi connectivity index (χ3n) is 8.25. The fourth-order valence-corrected chi connectivity index (χ4v) is 5.72. The zero-order valence-corrected chi connectivity index (χ0v) is 25.7. The van der Waals surface area contributed by atoms with Gasteiger partial charge < -0.3 is 25.0 Å². The van der Waals surface area contributed by atoms with Crippen LogP contribution in [-0.2, 0) is 12.7 Å². The molecule has 2 N–H and O–H groups in total. The van der Waals surface area contributed by atoms with Gasteiger partial charge in [-0.1, -0.05) is 6.08 Å². The molecule has 0 saturated carbocycles. The minimum absolute atomic E-state index is 0.0892. The lowest BCUT2D eigenvalue weighted by Gasteiger charge is -2.44. The van der Waals surface area contributed by atoms with Crippen molar-refractivity contribution in [2.75, 3.05) is 62.4 Å². The van der Waals surface area contributed by atoms with Gasteiger partial charge in [-0.15, -0.1) is 0 Å². The molecule has 0 aliphatic carbocycles. The zero-order chi connectivity index (χ0) is 32.6. The molecule has 1 fully saturated rings. The number of benzene rings is 1. The van der Waals surface area contributed by atoms with Crippen molar-refractivity contribution in [3.8, 4) is 0 Å². The Morgan fingerprint density at radius 2 is 1.76 bits per heavy atom. The molecule has 45 heavy (non-hydrogen) atoms. The number of aromatic nitrogens is 3. The van der Waals surface area contributed by atoms with E-state index in [4.69, 9.17) is 0 Å². The molecule has 2 aliphatic heterocycles. The Kier molecular flexibility index (Phi) is 8.99. The van der Waals surface area contributed by atoms with Gasteiger partial charge >= 0.3 is 6.18 Å². The lowest BCUT2D eigenvalue weighted by atomic mass is 10.0. The summed E-state index contributed by atoms with van der Waals surface area (Å²) in [6.45, 7) is 6.45. The van der Waals surface area contributed by atoms with Crippen LogP contribution in [0.15, 0.2) is 47.7 Å². The second-order valence-electron chi connectivity index (χ2n) is 11.9. The number of nitrogens with zero attached hydrogens (tertiary/aromatic N) is 6. The summed E-state index contributed by atoms with van der Waals surface area (Å²) in [5.41, 5.74) is -0.822. The molecule has 14 heteroatoms. The molecular weight excluding hydrogens is 592 g/mol. The van der Waals surface area contributed by atoms with Crippen molar-refractivity contribution in [2.24, 2.45) is 0 Å². The van der Waals surface area contributed by atoms with E-state index in [1.54, 1.807) is 12.4 Å². The second kappa shape index (κ2) is 12.6. The molecule has 0 spiro atoms. The van der Waals surface area contributed by atoms with E-state index in [0.717, 1.165) is 11.8 Å². The molecule has 2 aliphatic rings. The number of likely N-dealkylation sites (N-methyl/N-ethyl adjacent to an activating group) is 1. The van der Waals surface area contributed by atoms with E-state index in [-0.39, 0.29) is 29.9 Å². The summed E-state index contributed by atoms with van der Waals surface area (Å²) in [6, 6.07) is 3.31. The van der Waals surface area contributed by atoms with Crippen LogP contribution >= 0.6 is 0 Å². The Bertz CT molecular complexity index is 1640. The number of carbonyl (C=O) groups excluding carboxylic acids is 1. The average molecular weight is 629 g/mol. The minimum Gasteiger partial charge on any atom is -0.367 e. The van der Waals surface area contributed by atoms with Crippen molar-refractivity contribution in [3.05, 3.63) is 81.3 Å². The second-order valence-corrected chi connectivity index (χ2v) is 11.9. The predicted molar refractivity (Wildman–Crippen MR) is 165 cm³/mol. The van der Waals surface area contributed by atoms with E-state index in [0.29, 0.717) is 49.5 Å². The molecule has 2 unspecified atom stereocenters. The Labute approximate surface area is 258 Å². The highest BCUT2D eigenvalue weighted by Crippen LogP contribution is 2.37. The lowest BCUT2D eigenvalue weighted by molar-refractivity contribution is -0.138. The number of hydrogen-bond acceptors (Lipinski definition) is 8. The number of carbonyl (C=O) groups is 1. The standard InChI is InChI=1S/C31H36F4N8O2/c1-18-14-43(15-19(2)41(18)5)27-10-25(32)22(21-6-7-42(17-21)30-37-11-20(12-38-30)16-40(3)4)8-26(27)39-29(45)23-13-36-28(44)9-24(23)31(33,34)35/h6,8-13,18-19H,7,14-17H2,1-5H3,(H,36,44)(H,39,45). The summed E-state index contributed by atoms with van der Waals surface area (Å²) in [4.78, 5) is 44.1. The molecule has 2 aromatic heterocycles. The van der Waals surface area contributed by atoms with Crippen molar-refractivity contribution in [1.82, 2.24) is 24.8 Å². The number of nitrogens with one attached hydrogen (secondary N) is 2. The Morgan fingerprint density at radius 3 is 2.38 bits per heavy atom. The number of halogens is 4. The van der Waals surface area contributed by atoms with E-state index in [1.807, 2.05) is 55.8 Å². The first-order chi connectivity index (χ1) is 21.2. The molecule has 5 rings (SSSR count). The molecule has 3 aromatic rings. The molecule has 10 nitrogen and oxygen atoms in total. The largest absolute Gasteiger partial charge is 0.417 e. The maximum Gasteiger partial charge on any atom is 0.417 e. The number of anilines is 3. The van der Waals surface area contributed by atoms with Crippen LogP contribution in [0.25, 0.3) is 5.57 Å². The maximum absolute atomic E-state index is 15.9. The van der Waals surface area contributed by atoms with E-state index in [1.165, 1.54) is 12.1 Å². The molecule has 1 saturated heterocycles. The number of piperazine rings is 1. The third kappa shape index (κ3) is 7.01. The highest BCUT2D eigenvalue weighted by Gasteiger charge is 2.36. The van der Waals surface area contributed by atoms with Crippen LogP contribution in [-0.4, -0.2) is 90.1 Å². The van der Waals surface area contributed by atoms with Gasteiger partial charge in [0.15, 0.2) is 0 Å². The topological polar surface area (TPSA) is 101 Å².